The number of carbonyl (C=O) groups excluding carboxylic acids is 2. The van der Waals surface area contributed by atoms with Crippen LogP contribution in [0.2, 0.25) is 0 Å². The number of nitrogens with one attached hydrogen (secondary N) is 1. The lowest BCUT2D eigenvalue weighted by molar-refractivity contribution is -0.142. The van der Waals surface area contributed by atoms with Gasteiger partial charge < -0.3 is 9.47 Å². The van der Waals surface area contributed by atoms with E-state index in [-0.39, 0.29) is 12.4 Å². The second kappa shape index (κ2) is 6.51. The Hall–Kier alpha value is -1.63. The van der Waals surface area contributed by atoms with Crippen molar-refractivity contribution in [3.63, 3.8) is 0 Å². The van der Waals surface area contributed by atoms with Crippen molar-refractivity contribution in [3.8, 4) is 0 Å². The Bertz CT molecular complexity index is 451. The molecule has 0 aliphatic rings. The number of amides is 1. The van der Waals surface area contributed by atoms with Crippen LogP contribution in [0.1, 0.15) is 32.7 Å². The van der Waals surface area contributed by atoms with Crippen LogP contribution < -0.4 is 5.32 Å². The van der Waals surface area contributed by atoms with E-state index in [9.17, 15) is 9.59 Å². The summed E-state index contributed by atoms with van der Waals surface area (Å²) in [6, 6.07) is 0. The second-order valence-electron chi connectivity index (χ2n) is 4.74. The fourth-order valence-electron chi connectivity index (χ4n) is 1.19. The first-order valence-corrected chi connectivity index (χ1v) is 6.78. The van der Waals surface area contributed by atoms with Gasteiger partial charge in [0.05, 0.1) is 13.0 Å². The quantitative estimate of drug-likeness (QED) is 0.861. The highest BCUT2D eigenvalue weighted by molar-refractivity contribution is 7.10. The van der Waals surface area contributed by atoms with E-state index in [1.165, 1.54) is 11.3 Å². The van der Waals surface area contributed by atoms with Gasteiger partial charge in [0.1, 0.15) is 16.4 Å². The molecular weight excluding hydrogens is 268 g/mol. The van der Waals surface area contributed by atoms with Gasteiger partial charge >= 0.3 is 12.1 Å². The topological polar surface area (TPSA) is 77.5 Å². The van der Waals surface area contributed by atoms with E-state index in [0.29, 0.717) is 17.4 Å². The number of hydrogen-bond acceptors (Lipinski definition) is 6. The lowest BCUT2D eigenvalue weighted by atomic mass is 10.2. The molecule has 0 bridgehead atoms. The van der Waals surface area contributed by atoms with E-state index in [4.69, 9.17) is 9.47 Å². The second-order valence-corrected chi connectivity index (χ2v) is 5.68. The maximum absolute atomic E-state index is 11.5. The van der Waals surface area contributed by atoms with E-state index in [1.54, 1.807) is 33.1 Å². The maximum atomic E-state index is 11.5. The molecule has 7 heteroatoms. The molecule has 0 saturated heterocycles. The third-order valence-electron chi connectivity index (χ3n) is 1.78. The predicted molar refractivity (Wildman–Crippen MR) is 72.3 cm³/mol. The van der Waals surface area contributed by atoms with Gasteiger partial charge in [0.2, 0.25) is 0 Å². The minimum absolute atomic E-state index is 0.106. The number of ether oxygens (including phenoxy) is 2. The van der Waals surface area contributed by atoms with Gasteiger partial charge in [-0.05, 0) is 27.7 Å². The first-order valence-electron chi connectivity index (χ1n) is 5.90. The molecule has 0 aliphatic heterocycles. The van der Waals surface area contributed by atoms with Crippen molar-refractivity contribution in [1.82, 2.24) is 4.98 Å². The Morgan fingerprint density at radius 1 is 1.42 bits per heavy atom. The Morgan fingerprint density at radius 3 is 2.68 bits per heavy atom. The first-order chi connectivity index (χ1) is 8.80. The Balaban J connectivity index is 2.51. The molecule has 0 atom stereocenters. The standard InChI is InChI=1S/C12H18N2O4S/c1-5-17-10(15)6-9-13-8(7-19-9)14-11(16)18-12(2,3)4/h7H,5-6H2,1-4H3,(H,14,16). The molecule has 0 aliphatic carbocycles. The highest BCUT2D eigenvalue weighted by atomic mass is 32.1. The van der Waals surface area contributed by atoms with Crippen molar-refractivity contribution in [2.45, 2.75) is 39.7 Å². The summed E-state index contributed by atoms with van der Waals surface area (Å²) in [4.78, 5) is 26.9. The lowest BCUT2D eigenvalue weighted by Gasteiger charge is -2.19. The van der Waals surface area contributed by atoms with Crippen LogP contribution in [0.3, 0.4) is 0 Å². The normalized spacial score (nSPS) is 10.9. The Morgan fingerprint density at radius 2 is 2.11 bits per heavy atom. The van der Waals surface area contributed by atoms with E-state index < -0.39 is 11.7 Å². The minimum atomic E-state index is -0.569. The van der Waals surface area contributed by atoms with Gasteiger partial charge in [0.25, 0.3) is 0 Å². The third-order valence-corrected chi connectivity index (χ3v) is 2.63. The number of aromatic nitrogens is 1. The van der Waals surface area contributed by atoms with E-state index in [1.807, 2.05) is 0 Å². The summed E-state index contributed by atoms with van der Waals surface area (Å²) >= 11 is 1.28. The average Bonchev–Trinajstić information content (AvgIpc) is 2.62. The zero-order valence-corrected chi connectivity index (χ0v) is 12.3. The van der Waals surface area contributed by atoms with Crippen LogP contribution in [0.15, 0.2) is 5.38 Å². The minimum Gasteiger partial charge on any atom is -0.466 e. The van der Waals surface area contributed by atoms with Crippen LogP contribution in [-0.2, 0) is 20.7 Å². The first kappa shape index (κ1) is 15.4. The summed E-state index contributed by atoms with van der Waals surface area (Å²) in [6.07, 6.45) is -0.463. The third kappa shape index (κ3) is 6.19. The van der Waals surface area contributed by atoms with Gasteiger partial charge in [0, 0.05) is 5.38 Å². The van der Waals surface area contributed by atoms with Crippen molar-refractivity contribution in [3.05, 3.63) is 10.4 Å². The number of hydrogen-bond donors (Lipinski definition) is 1. The Labute approximate surface area is 116 Å². The number of esters is 1. The van der Waals surface area contributed by atoms with Crippen molar-refractivity contribution < 1.29 is 19.1 Å². The monoisotopic (exact) mass is 286 g/mol. The van der Waals surface area contributed by atoms with Gasteiger partial charge in [-0.1, -0.05) is 0 Å². The van der Waals surface area contributed by atoms with E-state index >= 15 is 0 Å². The summed E-state index contributed by atoms with van der Waals surface area (Å²) < 4.78 is 9.91. The smallest absolute Gasteiger partial charge is 0.413 e. The van der Waals surface area contributed by atoms with Gasteiger partial charge in [-0.3, -0.25) is 10.1 Å². The van der Waals surface area contributed by atoms with Gasteiger partial charge in [0.15, 0.2) is 0 Å². The number of nitrogens with zero attached hydrogens (tertiary/aromatic N) is 1. The van der Waals surface area contributed by atoms with Crippen molar-refractivity contribution in [2.24, 2.45) is 0 Å². The van der Waals surface area contributed by atoms with Crippen molar-refractivity contribution in [1.29, 1.82) is 0 Å². The summed E-state index contributed by atoms with van der Waals surface area (Å²) in [5.74, 6) is 0.0409. The average molecular weight is 286 g/mol. The molecule has 1 heterocycles. The molecule has 0 saturated carbocycles. The highest BCUT2D eigenvalue weighted by Crippen LogP contribution is 2.16. The number of anilines is 1. The molecule has 0 unspecified atom stereocenters. The largest absolute Gasteiger partial charge is 0.466 e. The SMILES string of the molecule is CCOC(=O)Cc1nc(NC(=O)OC(C)(C)C)cs1. The predicted octanol–water partition coefficient (Wildman–Crippen LogP) is 2.60. The molecule has 6 nitrogen and oxygen atoms in total. The number of carbonyl (C=O) groups is 2. The molecule has 0 radical (unpaired) electrons. The summed E-state index contributed by atoms with van der Waals surface area (Å²) in [5, 5.41) is 4.75. The molecule has 106 valence electrons. The number of rotatable bonds is 4. The molecule has 1 N–H and O–H groups in total. The van der Waals surface area contributed by atoms with Crippen molar-refractivity contribution >= 4 is 29.2 Å². The van der Waals surface area contributed by atoms with Gasteiger partial charge in [-0.15, -0.1) is 11.3 Å². The molecule has 1 rings (SSSR count). The molecule has 1 aromatic rings. The molecule has 1 amide bonds. The van der Waals surface area contributed by atoms with Crippen molar-refractivity contribution in [2.75, 3.05) is 11.9 Å². The molecule has 1 aromatic heterocycles. The molecule has 0 fully saturated rings. The van der Waals surface area contributed by atoms with Crippen LogP contribution in [0.5, 0.6) is 0 Å². The van der Waals surface area contributed by atoms with Crippen LogP contribution in [0.4, 0.5) is 10.6 Å². The van der Waals surface area contributed by atoms with Crippen LogP contribution in [0.25, 0.3) is 0 Å². The summed E-state index contributed by atoms with van der Waals surface area (Å²) in [7, 11) is 0. The van der Waals surface area contributed by atoms with Crippen LogP contribution in [-0.4, -0.2) is 29.3 Å². The molecular formula is C12H18N2O4S. The zero-order chi connectivity index (χ0) is 14.5. The molecule has 0 spiro atoms. The van der Waals surface area contributed by atoms with E-state index in [0.717, 1.165) is 0 Å². The number of thiazole rings is 1. The van der Waals surface area contributed by atoms with Gasteiger partial charge in [-0.2, -0.15) is 0 Å². The maximum Gasteiger partial charge on any atom is 0.413 e. The zero-order valence-electron chi connectivity index (χ0n) is 11.5. The fourth-order valence-corrected chi connectivity index (χ4v) is 1.90. The lowest BCUT2D eigenvalue weighted by Crippen LogP contribution is -2.27. The molecule has 19 heavy (non-hydrogen) atoms. The Kier molecular flexibility index (Phi) is 5.29. The highest BCUT2D eigenvalue weighted by Gasteiger charge is 2.17. The molecule has 0 aromatic carbocycles. The van der Waals surface area contributed by atoms with Crippen LogP contribution in [0, 0.1) is 0 Å². The van der Waals surface area contributed by atoms with Gasteiger partial charge in [-0.25, -0.2) is 9.78 Å². The summed E-state index contributed by atoms with van der Waals surface area (Å²) in [5.41, 5.74) is -0.562. The summed E-state index contributed by atoms with van der Waals surface area (Å²) in [6.45, 7) is 7.42. The fraction of sp³-hybridized carbons (Fsp3) is 0.583. The van der Waals surface area contributed by atoms with E-state index in [2.05, 4.69) is 10.3 Å². The van der Waals surface area contributed by atoms with Crippen LogP contribution >= 0.6 is 11.3 Å².